The van der Waals surface area contributed by atoms with E-state index >= 15 is 0 Å². The lowest BCUT2D eigenvalue weighted by molar-refractivity contribution is -0.120. The van der Waals surface area contributed by atoms with Gasteiger partial charge in [0.05, 0.1) is 26.9 Å². The summed E-state index contributed by atoms with van der Waals surface area (Å²) in [6.07, 6.45) is 5.55. The Bertz CT molecular complexity index is 1300. The summed E-state index contributed by atoms with van der Waals surface area (Å²) in [4.78, 5) is 28.3. The van der Waals surface area contributed by atoms with Crippen molar-refractivity contribution in [3.05, 3.63) is 60.6 Å². The topological polar surface area (TPSA) is 107 Å². The van der Waals surface area contributed by atoms with E-state index in [4.69, 9.17) is 14.5 Å². The standard InChI is InChI=1S/C24H25N7O3/c1-33-22-6-2-4-20(26-22)23-28-24(21-5-3-9-31(21)29-23)27-19-7-8-25-15-17(19)14-18(32)16-30-10-12-34-13-11-30/h2-9,15H,10-14,16H2,1H3,(H,25,27,28,29). The third-order valence-corrected chi connectivity index (χ3v) is 5.60. The second kappa shape index (κ2) is 9.94. The van der Waals surface area contributed by atoms with Crippen molar-refractivity contribution < 1.29 is 14.3 Å². The number of carbonyl (C=O) groups is 1. The van der Waals surface area contributed by atoms with Crippen LogP contribution < -0.4 is 10.1 Å². The molecule has 5 heterocycles. The van der Waals surface area contributed by atoms with E-state index in [9.17, 15) is 4.79 Å². The zero-order valence-electron chi connectivity index (χ0n) is 18.8. The highest BCUT2D eigenvalue weighted by Crippen LogP contribution is 2.26. The van der Waals surface area contributed by atoms with Gasteiger partial charge in [-0.1, -0.05) is 6.07 Å². The SMILES string of the molecule is COc1cccc(-c2nc(Nc3ccncc3CC(=O)CN3CCOCC3)c3cccn3n2)n1. The molecule has 1 saturated heterocycles. The van der Waals surface area contributed by atoms with Crippen LogP contribution in [0.5, 0.6) is 5.88 Å². The maximum absolute atomic E-state index is 12.8. The molecule has 5 rings (SSSR count). The Hall–Kier alpha value is -3.89. The summed E-state index contributed by atoms with van der Waals surface area (Å²) in [5.74, 6) is 1.67. The van der Waals surface area contributed by atoms with Crippen molar-refractivity contribution in [3.63, 3.8) is 0 Å². The lowest BCUT2D eigenvalue weighted by Gasteiger charge is -2.25. The first-order valence-electron chi connectivity index (χ1n) is 11.1. The molecule has 0 aromatic carbocycles. The maximum Gasteiger partial charge on any atom is 0.213 e. The van der Waals surface area contributed by atoms with Crippen LogP contribution in [0.25, 0.3) is 17.0 Å². The highest BCUT2D eigenvalue weighted by atomic mass is 16.5. The van der Waals surface area contributed by atoms with Gasteiger partial charge in [0.25, 0.3) is 0 Å². The highest BCUT2D eigenvalue weighted by Gasteiger charge is 2.17. The van der Waals surface area contributed by atoms with E-state index in [0.717, 1.165) is 29.9 Å². The summed E-state index contributed by atoms with van der Waals surface area (Å²) in [6, 6.07) is 11.1. The predicted molar refractivity (Wildman–Crippen MR) is 126 cm³/mol. The number of nitrogens with zero attached hydrogens (tertiary/aromatic N) is 6. The van der Waals surface area contributed by atoms with Gasteiger partial charge in [-0.15, -0.1) is 5.10 Å². The van der Waals surface area contributed by atoms with Gasteiger partial charge < -0.3 is 14.8 Å². The average molecular weight is 460 g/mol. The lowest BCUT2D eigenvalue weighted by atomic mass is 10.1. The van der Waals surface area contributed by atoms with Crippen LogP contribution in [-0.2, 0) is 16.0 Å². The van der Waals surface area contributed by atoms with Crippen LogP contribution in [0.3, 0.4) is 0 Å². The number of methoxy groups -OCH3 is 1. The largest absolute Gasteiger partial charge is 0.481 e. The van der Waals surface area contributed by atoms with Crippen LogP contribution in [0.1, 0.15) is 5.56 Å². The van der Waals surface area contributed by atoms with Gasteiger partial charge in [-0.2, -0.15) is 0 Å². The maximum atomic E-state index is 12.8. The smallest absolute Gasteiger partial charge is 0.213 e. The number of nitrogens with one attached hydrogen (secondary N) is 1. The number of anilines is 2. The Labute approximate surface area is 196 Å². The quantitative estimate of drug-likeness (QED) is 0.425. The molecular weight excluding hydrogens is 434 g/mol. The van der Waals surface area contributed by atoms with Crippen LogP contribution in [0.4, 0.5) is 11.5 Å². The monoisotopic (exact) mass is 459 g/mol. The van der Waals surface area contributed by atoms with Crippen molar-refractivity contribution in [3.8, 4) is 17.4 Å². The minimum absolute atomic E-state index is 0.134. The van der Waals surface area contributed by atoms with Gasteiger partial charge in [0, 0.05) is 55.4 Å². The summed E-state index contributed by atoms with van der Waals surface area (Å²) >= 11 is 0. The Morgan fingerprint density at radius 3 is 2.88 bits per heavy atom. The molecule has 0 radical (unpaired) electrons. The fourth-order valence-electron chi connectivity index (χ4n) is 3.88. The fourth-order valence-corrected chi connectivity index (χ4v) is 3.88. The molecule has 34 heavy (non-hydrogen) atoms. The first-order chi connectivity index (χ1) is 16.7. The molecule has 0 amide bonds. The molecule has 10 heteroatoms. The minimum Gasteiger partial charge on any atom is -0.481 e. The number of pyridine rings is 2. The van der Waals surface area contributed by atoms with Gasteiger partial charge in [0.15, 0.2) is 11.6 Å². The molecule has 10 nitrogen and oxygen atoms in total. The van der Waals surface area contributed by atoms with Gasteiger partial charge in [0.1, 0.15) is 11.2 Å². The average Bonchev–Trinajstić information content (AvgIpc) is 3.35. The van der Waals surface area contributed by atoms with E-state index in [-0.39, 0.29) is 12.2 Å². The van der Waals surface area contributed by atoms with Crippen LogP contribution in [0.15, 0.2) is 55.0 Å². The molecule has 0 saturated carbocycles. The van der Waals surface area contributed by atoms with Gasteiger partial charge >= 0.3 is 0 Å². The van der Waals surface area contributed by atoms with Crippen LogP contribution in [-0.4, -0.2) is 75.2 Å². The molecule has 1 N–H and O–H groups in total. The van der Waals surface area contributed by atoms with Gasteiger partial charge in [-0.25, -0.2) is 14.5 Å². The highest BCUT2D eigenvalue weighted by molar-refractivity contribution is 5.85. The number of hydrogen-bond acceptors (Lipinski definition) is 9. The van der Waals surface area contributed by atoms with E-state index in [0.29, 0.717) is 43.0 Å². The number of ketones is 1. The summed E-state index contributed by atoms with van der Waals surface area (Å²) in [6.45, 7) is 3.28. The molecule has 0 spiro atoms. The summed E-state index contributed by atoms with van der Waals surface area (Å²) in [5.41, 5.74) is 2.98. The number of aromatic nitrogens is 5. The van der Waals surface area contributed by atoms with E-state index in [2.05, 4.69) is 25.3 Å². The Morgan fingerprint density at radius 1 is 1.15 bits per heavy atom. The fraction of sp³-hybridized carbons (Fsp3) is 0.292. The molecule has 4 aromatic rings. The summed E-state index contributed by atoms with van der Waals surface area (Å²) in [7, 11) is 1.57. The zero-order valence-corrected chi connectivity index (χ0v) is 18.8. The molecule has 1 aliphatic heterocycles. The first-order valence-corrected chi connectivity index (χ1v) is 11.1. The minimum atomic E-state index is 0.134. The van der Waals surface area contributed by atoms with Crippen molar-refractivity contribution in [1.82, 2.24) is 29.5 Å². The van der Waals surface area contributed by atoms with E-state index in [1.165, 1.54) is 0 Å². The molecule has 174 valence electrons. The second-order valence-electron chi connectivity index (χ2n) is 7.95. The van der Waals surface area contributed by atoms with Crippen LogP contribution in [0, 0.1) is 0 Å². The van der Waals surface area contributed by atoms with Crippen molar-refractivity contribution in [2.45, 2.75) is 6.42 Å². The van der Waals surface area contributed by atoms with Crippen molar-refractivity contribution in [2.75, 3.05) is 45.3 Å². The summed E-state index contributed by atoms with van der Waals surface area (Å²) in [5, 5.41) is 7.98. The van der Waals surface area contributed by atoms with E-state index < -0.39 is 0 Å². The molecule has 4 aromatic heterocycles. The summed E-state index contributed by atoms with van der Waals surface area (Å²) < 4.78 is 12.4. The second-order valence-corrected chi connectivity index (χ2v) is 7.95. The third-order valence-electron chi connectivity index (χ3n) is 5.60. The Kier molecular flexibility index (Phi) is 6.41. The number of morpholine rings is 1. The van der Waals surface area contributed by atoms with Gasteiger partial charge in [-0.3, -0.25) is 14.7 Å². The molecular formula is C24H25N7O3. The van der Waals surface area contributed by atoms with Crippen molar-refractivity contribution in [2.24, 2.45) is 0 Å². The first kappa shape index (κ1) is 21.9. The predicted octanol–water partition coefficient (Wildman–Crippen LogP) is 2.38. The lowest BCUT2D eigenvalue weighted by Crippen LogP contribution is -2.39. The number of Topliss-reactive ketones (excluding diaryl/α,β-unsaturated/α-hetero) is 1. The van der Waals surface area contributed by atoms with Crippen molar-refractivity contribution >= 4 is 22.8 Å². The van der Waals surface area contributed by atoms with Crippen molar-refractivity contribution in [1.29, 1.82) is 0 Å². The molecule has 0 aliphatic carbocycles. The number of fused-ring (bicyclic) bond motifs is 1. The molecule has 1 fully saturated rings. The zero-order chi connectivity index (χ0) is 23.3. The van der Waals surface area contributed by atoms with E-state index in [1.807, 2.05) is 36.5 Å². The normalized spacial score (nSPS) is 14.3. The number of rotatable bonds is 8. The molecule has 1 aliphatic rings. The van der Waals surface area contributed by atoms with Crippen LogP contribution >= 0.6 is 0 Å². The molecule has 0 atom stereocenters. The number of carbonyl (C=O) groups excluding carboxylic acids is 1. The van der Waals surface area contributed by atoms with Crippen LogP contribution in [0.2, 0.25) is 0 Å². The third kappa shape index (κ3) is 4.87. The van der Waals surface area contributed by atoms with E-state index in [1.54, 1.807) is 30.1 Å². The molecule has 0 bridgehead atoms. The number of ether oxygens (including phenoxy) is 2. The Morgan fingerprint density at radius 2 is 2.03 bits per heavy atom. The van der Waals surface area contributed by atoms with Gasteiger partial charge in [-0.05, 0) is 24.3 Å². The Balaban J connectivity index is 1.42. The van der Waals surface area contributed by atoms with Gasteiger partial charge in [0.2, 0.25) is 11.7 Å². The molecule has 0 unspecified atom stereocenters. The number of hydrogen-bond donors (Lipinski definition) is 1.